The van der Waals surface area contributed by atoms with Gasteiger partial charge in [-0.05, 0) is 26.0 Å². The van der Waals surface area contributed by atoms with Crippen LogP contribution < -0.4 is 5.32 Å². The second-order valence-corrected chi connectivity index (χ2v) is 9.28. The summed E-state index contributed by atoms with van der Waals surface area (Å²) in [7, 11) is -3.74. The molecule has 1 aromatic heterocycles. The maximum atomic E-state index is 12.9. The van der Waals surface area contributed by atoms with Crippen molar-refractivity contribution < 1.29 is 13.2 Å². The molecule has 2 aromatic rings. The van der Waals surface area contributed by atoms with Gasteiger partial charge in [-0.2, -0.15) is 9.40 Å². The summed E-state index contributed by atoms with van der Waals surface area (Å²) in [4.78, 5) is 14.2. The second-order valence-electron chi connectivity index (χ2n) is 6.59. The predicted octanol–water partition coefficient (Wildman–Crippen LogP) is 2.28. The smallest absolute Gasteiger partial charge is 0.244 e. The minimum absolute atomic E-state index is 0.00114. The molecule has 0 radical (unpaired) electrons. The van der Waals surface area contributed by atoms with Crippen LogP contribution in [-0.2, 0) is 14.8 Å². The van der Waals surface area contributed by atoms with Crippen LogP contribution in [0.2, 0.25) is 10.0 Å². The number of halogens is 2. The van der Waals surface area contributed by atoms with Crippen LogP contribution in [0, 0.1) is 13.8 Å². The zero-order valence-corrected chi connectivity index (χ0v) is 17.8. The first-order chi connectivity index (χ1) is 13.2. The minimum Gasteiger partial charge on any atom is -0.322 e. The minimum atomic E-state index is -3.74. The Morgan fingerprint density at radius 1 is 1.21 bits per heavy atom. The number of aryl methyl sites for hydroxylation is 2. The lowest BCUT2D eigenvalue weighted by molar-refractivity contribution is -0.117. The summed E-state index contributed by atoms with van der Waals surface area (Å²) in [6.07, 6.45) is 0. The number of piperazine rings is 1. The lowest BCUT2D eigenvalue weighted by Crippen LogP contribution is -2.50. The number of sulfonamides is 1. The molecule has 2 N–H and O–H groups in total. The summed E-state index contributed by atoms with van der Waals surface area (Å²) in [6.45, 7) is 5.23. The van der Waals surface area contributed by atoms with Crippen molar-refractivity contribution in [2.75, 3.05) is 38.0 Å². The van der Waals surface area contributed by atoms with Crippen molar-refractivity contribution in [3.63, 3.8) is 0 Å². The van der Waals surface area contributed by atoms with E-state index < -0.39 is 10.0 Å². The fraction of sp³-hybridized carbons (Fsp3) is 0.412. The van der Waals surface area contributed by atoms with Crippen molar-refractivity contribution >= 4 is 44.8 Å². The van der Waals surface area contributed by atoms with E-state index in [9.17, 15) is 13.2 Å². The molecule has 1 aromatic carbocycles. The van der Waals surface area contributed by atoms with E-state index in [1.165, 1.54) is 10.4 Å². The fourth-order valence-corrected chi connectivity index (χ4v) is 5.23. The number of carbonyl (C=O) groups excluding carboxylic acids is 1. The number of carbonyl (C=O) groups is 1. The third-order valence-electron chi connectivity index (χ3n) is 4.62. The normalized spacial score (nSPS) is 16.3. The van der Waals surface area contributed by atoms with E-state index in [1.54, 1.807) is 12.1 Å². The molecule has 1 fully saturated rings. The number of rotatable bonds is 5. The van der Waals surface area contributed by atoms with E-state index in [4.69, 9.17) is 23.2 Å². The average Bonchev–Trinajstić information content (AvgIpc) is 2.96. The summed E-state index contributed by atoms with van der Waals surface area (Å²) in [5, 5.41) is 9.94. The van der Waals surface area contributed by atoms with Gasteiger partial charge in [-0.25, -0.2) is 8.42 Å². The number of benzene rings is 1. The van der Waals surface area contributed by atoms with E-state index >= 15 is 0 Å². The highest BCUT2D eigenvalue weighted by molar-refractivity contribution is 7.89. The summed E-state index contributed by atoms with van der Waals surface area (Å²) in [5.41, 5.74) is 2.20. The first kappa shape index (κ1) is 21.1. The van der Waals surface area contributed by atoms with E-state index in [-0.39, 0.29) is 40.5 Å². The number of hydrogen-bond donors (Lipinski definition) is 2. The molecule has 1 amide bonds. The fourth-order valence-electron chi connectivity index (χ4n) is 3.07. The molecule has 28 heavy (non-hydrogen) atoms. The SMILES string of the molecule is Cc1n[nH]c(C)c1NC(=O)CN1CCN(S(=O)(=O)c2cccc(Cl)c2Cl)CC1. The molecular weight excluding hydrogens is 425 g/mol. The number of anilines is 1. The number of aromatic amines is 1. The van der Waals surface area contributed by atoms with Crippen molar-refractivity contribution in [3.8, 4) is 0 Å². The summed E-state index contributed by atoms with van der Waals surface area (Å²) in [5.74, 6) is -0.165. The first-order valence-electron chi connectivity index (χ1n) is 8.68. The number of H-pyrrole nitrogens is 1. The monoisotopic (exact) mass is 445 g/mol. The van der Waals surface area contributed by atoms with Crippen LogP contribution in [0.25, 0.3) is 0 Å². The maximum Gasteiger partial charge on any atom is 0.244 e. The summed E-state index contributed by atoms with van der Waals surface area (Å²) < 4.78 is 27.1. The zero-order valence-electron chi connectivity index (χ0n) is 15.5. The summed E-state index contributed by atoms with van der Waals surface area (Å²) >= 11 is 12.0. The number of nitrogens with one attached hydrogen (secondary N) is 2. The quantitative estimate of drug-likeness (QED) is 0.735. The number of aromatic nitrogens is 2. The standard InChI is InChI=1S/C17H21Cl2N5O3S/c1-11-17(12(2)22-21-11)20-15(25)10-23-6-8-24(9-7-23)28(26,27)14-5-3-4-13(18)16(14)19/h3-5H,6-10H2,1-2H3,(H,20,25)(H,21,22). The number of hydrogen-bond acceptors (Lipinski definition) is 5. The van der Waals surface area contributed by atoms with Crippen molar-refractivity contribution in [1.82, 2.24) is 19.4 Å². The van der Waals surface area contributed by atoms with Gasteiger partial charge < -0.3 is 5.32 Å². The van der Waals surface area contributed by atoms with Gasteiger partial charge in [0.1, 0.15) is 4.90 Å². The highest BCUT2D eigenvalue weighted by Crippen LogP contribution is 2.31. The van der Waals surface area contributed by atoms with Crippen molar-refractivity contribution in [1.29, 1.82) is 0 Å². The molecule has 1 aliphatic heterocycles. The number of amides is 1. The molecule has 0 unspecified atom stereocenters. The van der Waals surface area contributed by atoms with Crippen LogP contribution in [0.1, 0.15) is 11.4 Å². The Bertz CT molecular complexity index is 965. The van der Waals surface area contributed by atoms with E-state index in [1.807, 2.05) is 18.7 Å². The molecule has 0 bridgehead atoms. The van der Waals surface area contributed by atoms with Crippen LogP contribution in [0.4, 0.5) is 5.69 Å². The van der Waals surface area contributed by atoms with Crippen LogP contribution in [-0.4, -0.2) is 66.5 Å². The third kappa shape index (κ3) is 4.33. The lowest BCUT2D eigenvalue weighted by atomic mass is 10.3. The van der Waals surface area contributed by atoms with Gasteiger partial charge in [0.05, 0.1) is 33.7 Å². The Labute approximate surface area is 173 Å². The van der Waals surface area contributed by atoms with Crippen LogP contribution in [0.15, 0.2) is 23.1 Å². The van der Waals surface area contributed by atoms with Gasteiger partial charge in [0.2, 0.25) is 15.9 Å². The topological polar surface area (TPSA) is 98.4 Å². The predicted molar refractivity (Wildman–Crippen MR) is 108 cm³/mol. The van der Waals surface area contributed by atoms with Crippen molar-refractivity contribution in [2.45, 2.75) is 18.7 Å². The van der Waals surface area contributed by atoms with Crippen LogP contribution >= 0.6 is 23.2 Å². The summed E-state index contributed by atoms with van der Waals surface area (Å²) in [6, 6.07) is 4.55. The molecule has 0 atom stereocenters. The van der Waals surface area contributed by atoms with Gasteiger partial charge in [-0.1, -0.05) is 29.3 Å². The molecule has 0 saturated carbocycles. The first-order valence-corrected chi connectivity index (χ1v) is 10.9. The van der Waals surface area contributed by atoms with E-state index in [0.717, 1.165) is 11.4 Å². The van der Waals surface area contributed by atoms with Gasteiger partial charge in [0.15, 0.2) is 0 Å². The molecule has 0 spiro atoms. The van der Waals surface area contributed by atoms with Gasteiger partial charge in [0, 0.05) is 26.2 Å². The average molecular weight is 446 g/mol. The van der Waals surface area contributed by atoms with Crippen LogP contribution in [0.5, 0.6) is 0 Å². The zero-order chi connectivity index (χ0) is 20.5. The van der Waals surface area contributed by atoms with Gasteiger partial charge >= 0.3 is 0 Å². The van der Waals surface area contributed by atoms with Gasteiger partial charge in [0.25, 0.3) is 0 Å². The Balaban J connectivity index is 1.60. The molecule has 152 valence electrons. The lowest BCUT2D eigenvalue weighted by Gasteiger charge is -2.33. The third-order valence-corrected chi connectivity index (χ3v) is 7.50. The molecule has 1 aliphatic rings. The highest BCUT2D eigenvalue weighted by atomic mass is 35.5. The molecule has 0 aliphatic carbocycles. The molecule has 8 nitrogen and oxygen atoms in total. The molecule has 3 rings (SSSR count). The van der Waals surface area contributed by atoms with Gasteiger partial charge in [-0.3, -0.25) is 14.8 Å². The molecule has 2 heterocycles. The maximum absolute atomic E-state index is 12.9. The Morgan fingerprint density at radius 3 is 2.50 bits per heavy atom. The van der Waals surface area contributed by atoms with Crippen molar-refractivity contribution in [2.24, 2.45) is 0 Å². The van der Waals surface area contributed by atoms with E-state index in [0.29, 0.717) is 18.8 Å². The molecule has 11 heteroatoms. The molecule has 1 saturated heterocycles. The Morgan fingerprint density at radius 2 is 1.89 bits per heavy atom. The number of nitrogens with zero attached hydrogens (tertiary/aromatic N) is 3. The molecular formula is C17H21Cl2N5O3S. The highest BCUT2D eigenvalue weighted by Gasteiger charge is 2.31. The second kappa shape index (κ2) is 8.38. The van der Waals surface area contributed by atoms with Crippen molar-refractivity contribution in [3.05, 3.63) is 39.6 Å². The Hall–Kier alpha value is -1.65. The largest absolute Gasteiger partial charge is 0.322 e. The van der Waals surface area contributed by atoms with Gasteiger partial charge in [-0.15, -0.1) is 0 Å². The van der Waals surface area contributed by atoms with E-state index in [2.05, 4.69) is 15.5 Å². The Kier molecular flexibility index (Phi) is 6.31. The van der Waals surface area contributed by atoms with Crippen LogP contribution in [0.3, 0.4) is 0 Å².